The van der Waals surface area contributed by atoms with Gasteiger partial charge in [0, 0.05) is 37.5 Å². The van der Waals surface area contributed by atoms with Crippen molar-refractivity contribution in [3.8, 4) is 0 Å². The van der Waals surface area contributed by atoms with Crippen molar-refractivity contribution in [3.05, 3.63) is 35.8 Å². The lowest BCUT2D eigenvalue weighted by molar-refractivity contribution is 0.233. The number of furan rings is 1. The number of fused-ring (bicyclic) bond motifs is 1. The average molecular weight is 248 g/mol. The topological polar surface area (TPSA) is 28.4 Å². The van der Waals surface area contributed by atoms with Gasteiger partial charge in [-0.2, -0.15) is 0 Å². The zero-order valence-electron chi connectivity index (χ0n) is 10.4. The number of nitrogens with one attached hydrogen (secondary N) is 1. The van der Waals surface area contributed by atoms with Crippen LogP contribution < -0.4 is 5.32 Å². The van der Waals surface area contributed by atoms with Crippen molar-refractivity contribution < 1.29 is 8.81 Å². The highest BCUT2D eigenvalue weighted by Gasteiger charge is 2.18. The first-order chi connectivity index (χ1) is 8.70. The monoisotopic (exact) mass is 248 g/mol. The third-order valence-electron chi connectivity index (χ3n) is 3.44. The van der Waals surface area contributed by atoms with E-state index in [1.54, 1.807) is 6.07 Å². The molecule has 2 aromatic rings. The Kier molecular flexibility index (Phi) is 3.06. The molecule has 1 atom stereocenters. The molecule has 1 aromatic heterocycles. The molecule has 96 valence electrons. The molecular weight excluding hydrogens is 231 g/mol. The molecule has 3 rings (SSSR count). The average Bonchev–Trinajstić information content (AvgIpc) is 2.70. The maximum absolute atomic E-state index is 13.1. The van der Waals surface area contributed by atoms with E-state index < -0.39 is 0 Å². The van der Waals surface area contributed by atoms with Gasteiger partial charge in [0.05, 0.1) is 0 Å². The van der Waals surface area contributed by atoms with Gasteiger partial charge in [-0.25, -0.2) is 4.39 Å². The summed E-state index contributed by atoms with van der Waals surface area (Å²) in [5, 5.41) is 4.32. The molecule has 0 spiro atoms. The van der Waals surface area contributed by atoms with Crippen molar-refractivity contribution in [2.75, 3.05) is 26.7 Å². The Bertz CT molecular complexity index is 552. The normalized spacial score (nSPS) is 21.6. The van der Waals surface area contributed by atoms with Crippen molar-refractivity contribution in [2.24, 2.45) is 0 Å². The third-order valence-corrected chi connectivity index (χ3v) is 3.44. The van der Waals surface area contributed by atoms with Crippen molar-refractivity contribution >= 4 is 11.0 Å². The molecule has 1 aliphatic rings. The number of likely N-dealkylation sites (N-methyl/N-ethyl adjacent to an activating group) is 1. The van der Waals surface area contributed by atoms with E-state index in [1.807, 2.05) is 6.07 Å². The zero-order chi connectivity index (χ0) is 12.5. The minimum Gasteiger partial charge on any atom is -0.461 e. The highest BCUT2D eigenvalue weighted by atomic mass is 19.1. The van der Waals surface area contributed by atoms with Crippen LogP contribution in [0.4, 0.5) is 4.39 Å². The number of hydrogen-bond acceptors (Lipinski definition) is 3. The molecule has 1 aromatic carbocycles. The summed E-state index contributed by atoms with van der Waals surface area (Å²) in [5.74, 6) is 0.703. The van der Waals surface area contributed by atoms with E-state index in [-0.39, 0.29) is 5.82 Å². The first kappa shape index (κ1) is 11.7. The number of nitrogens with zero attached hydrogens (tertiary/aromatic N) is 1. The largest absolute Gasteiger partial charge is 0.461 e. The second-order valence-electron chi connectivity index (χ2n) is 5.01. The van der Waals surface area contributed by atoms with Crippen LogP contribution in [0, 0.1) is 5.82 Å². The standard InChI is InChI=1S/C14H17FN2O/c1-17-5-4-16-12(9-17)8-13-7-10-6-11(15)2-3-14(10)18-13/h2-3,6-7,12,16H,4-5,8-9H2,1H3. The zero-order valence-corrected chi connectivity index (χ0v) is 10.4. The summed E-state index contributed by atoms with van der Waals surface area (Å²) in [6.07, 6.45) is 0.848. The molecule has 1 fully saturated rings. The fourth-order valence-electron chi connectivity index (χ4n) is 2.54. The number of piperazine rings is 1. The van der Waals surface area contributed by atoms with Crippen LogP contribution >= 0.6 is 0 Å². The van der Waals surface area contributed by atoms with E-state index in [1.165, 1.54) is 12.1 Å². The molecule has 1 N–H and O–H groups in total. The van der Waals surface area contributed by atoms with Crippen LogP contribution in [0.5, 0.6) is 0 Å². The fourth-order valence-corrected chi connectivity index (χ4v) is 2.54. The van der Waals surface area contributed by atoms with E-state index in [0.29, 0.717) is 6.04 Å². The van der Waals surface area contributed by atoms with Crippen LogP contribution in [0.25, 0.3) is 11.0 Å². The van der Waals surface area contributed by atoms with Crippen LogP contribution in [-0.4, -0.2) is 37.6 Å². The number of hydrogen-bond donors (Lipinski definition) is 1. The summed E-state index contributed by atoms with van der Waals surface area (Å²) in [6.45, 7) is 3.11. The highest BCUT2D eigenvalue weighted by Crippen LogP contribution is 2.21. The Hall–Kier alpha value is -1.39. The van der Waals surface area contributed by atoms with Crippen LogP contribution in [0.2, 0.25) is 0 Å². The molecule has 1 aliphatic heterocycles. The van der Waals surface area contributed by atoms with Gasteiger partial charge in [-0.1, -0.05) is 0 Å². The minimum atomic E-state index is -0.217. The molecule has 0 aliphatic carbocycles. The SMILES string of the molecule is CN1CCNC(Cc2cc3cc(F)ccc3o2)C1. The Balaban J connectivity index is 1.78. The van der Waals surface area contributed by atoms with Gasteiger partial charge in [0.1, 0.15) is 17.2 Å². The van der Waals surface area contributed by atoms with Gasteiger partial charge in [-0.15, -0.1) is 0 Å². The van der Waals surface area contributed by atoms with Crippen LogP contribution in [0.3, 0.4) is 0 Å². The molecule has 2 heterocycles. The number of halogens is 1. The van der Waals surface area contributed by atoms with Crippen LogP contribution in [0.15, 0.2) is 28.7 Å². The summed E-state index contributed by atoms with van der Waals surface area (Å²) in [7, 11) is 2.13. The molecular formula is C14H17FN2O. The lowest BCUT2D eigenvalue weighted by atomic mass is 10.1. The summed E-state index contributed by atoms with van der Waals surface area (Å²) in [4.78, 5) is 2.31. The van der Waals surface area contributed by atoms with Crippen molar-refractivity contribution in [2.45, 2.75) is 12.5 Å². The molecule has 3 nitrogen and oxygen atoms in total. The van der Waals surface area contributed by atoms with Crippen molar-refractivity contribution in [1.29, 1.82) is 0 Å². The highest BCUT2D eigenvalue weighted by molar-refractivity contribution is 5.77. The van der Waals surface area contributed by atoms with Crippen LogP contribution in [-0.2, 0) is 6.42 Å². The molecule has 0 bridgehead atoms. The Morgan fingerprint density at radius 1 is 1.44 bits per heavy atom. The van der Waals surface area contributed by atoms with Gasteiger partial charge in [0.2, 0.25) is 0 Å². The fraction of sp³-hybridized carbons (Fsp3) is 0.429. The quantitative estimate of drug-likeness (QED) is 0.881. The predicted molar refractivity (Wildman–Crippen MR) is 69.2 cm³/mol. The first-order valence-electron chi connectivity index (χ1n) is 6.30. The van der Waals surface area contributed by atoms with Crippen LogP contribution in [0.1, 0.15) is 5.76 Å². The number of rotatable bonds is 2. The minimum absolute atomic E-state index is 0.217. The Morgan fingerprint density at radius 2 is 2.33 bits per heavy atom. The van der Waals surface area contributed by atoms with Crippen molar-refractivity contribution in [3.63, 3.8) is 0 Å². The lowest BCUT2D eigenvalue weighted by Crippen LogP contribution is -2.49. The molecule has 0 radical (unpaired) electrons. The lowest BCUT2D eigenvalue weighted by Gasteiger charge is -2.30. The Morgan fingerprint density at radius 3 is 3.17 bits per heavy atom. The first-order valence-corrected chi connectivity index (χ1v) is 6.30. The van der Waals surface area contributed by atoms with E-state index in [4.69, 9.17) is 4.42 Å². The molecule has 1 saturated heterocycles. The van der Waals surface area contributed by atoms with Gasteiger partial charge in [0.25, 0.3) is 0 Å². The predicted octanol–water partition coefficient (Wildman–Crippen LogP) is 2.02. The van der Waals surface area contributed by atoms with E-state index in [9.17, 15) is 4.39 Å². The maximum Gasteiger partial charge on any atom is 0.134 e. The molecule has 1 unspecified atom stereocenters. The van der Waals surface area contributed by atoms with Crippen molar-refractivity contribution in [1.82, 2.24) is 10.2 Å². The second kappa shape index (κ2) is 4.71. The van der Waals surface area contributed by atoms with Gasteiger partial charge < -0.3 is 14.6 Å². The van der Waals surface area contributed by atoms with E-state index in [0.717, 1.165) is 42.8 Å². The van der Waals surface area contributed by atoms with Gasteiger partial charge in [-0.05, 0) is 31.3 Å². The Labute approximate surface area is 106 Å². The third kappa shape index (κ3) is 2.40. The maximum atomic E-state index is 13.1. The molecule has 4 heteroatoms. The molecule has 0 amide bonds. The van der Waals surface area contributed by atoms with E-state index in [2.05, 4.69) is 17.3 Å². The smallest absolute Gasteiger partial charge is 0.134 e. The summed E-state index contributed by atoms with van der Waals surface area (Å²) in [5.41, 5.74) is 0.760. The van der Waals surface area contributed by atoms with Gasteiger partial charge >= 0.3 is 0 Å². The second-order valence-corrected chi connectivity index (χ2v) is 5.01. The number of benzene rings is 1. The molecule has 0 saturated carbocycles. The van der Waals surface area contributed by atoms with Gasteiger partial charge in [-0.3, -0.25) is 0 Å². The van der Waals surface area contributed by atoms with E-state index >= 15 is 0 Å². The van der Waals surface area contributed by atoms with Gasteiger partial charge in [0.15, 0.2) is 0 Å². The summed E-state index contributed by atoms with van der Waals surface area (Å²) >= 11 is 0. The molecule has 18 heavy (non-hydrogen) atoms. The summed E-state index contributed by atoms with van der Waals surface area (Å²) < 4.78 is 18.8. The summed E-state index contributed by atoms with van der Waals surface area (Å²) in [6, 6.07) is 6.99.